The molecule has 2 nitrogen and oxygen atoms in total. The number of hydrogen-bond donors (Lipinski definition) is 1. The molecule has 0 aromatic rings. The van der Waals surface area contributed by atoms with Gasteiger partial charge in [-0.1, -0.05) is 27.7 Å². The SMILES string of the molecule is CC(C)CN(C)CC(C)(C)CCN. The molecule has 0 heterocycles. The normalized spacial score (nSPS) is 12.9. The van der Waals surface area contributed by atoms with E-state index >= 15 is 0 Å². The van der Waals surface area contributed by atoms with Crippen molar-refractivity contribution in [3.8, 4) is 0 Å². The molecule has 0 atom stereocenters. The van der Waals surface area contributed by atoms with Crippen molar-refractivity contribution in [2.75, 3.05) is 26.7 Å². The van der Waals surface area contributed by atoms with Crippen molar-refractivity contribution in [2.24, 2.45) is 17.1 Å². The average Bonchev–Trinajstić information content (AvgIpc) is 1.81. The molecule has 0 aliphatic carbocycles. The molecule has 0 bridgehead atoms. The Hall–Kier alpha value is -0.0800. The minimum Gasteiger partial charge on any atom is -0.330 e. The van der Waals surface area contributed by atoms with Gasteiger partial charge in [0.05, 0.1) is 0 Å². The fourth-order valence-corrected chi connectivity index (χ4v) is 1.89. The summed E-state index contributed by atoms with van der Waals surface area (Å²) in [4.78, 5) is 2.40. The maximum Gasteiger partial charge on any atom is 0.00302 e. The molecule has 0 saturated heterocycles. The van der Waals surface area contributed by atoms with Crippen LogP contribution in [0, 0.1) is 11.3 Å². The zero-order chi connectivity index (χ0) is 10.5. The summed E-state index contributed by atoms with van der Waals surface area (Å²) in [6.07, 6.45) is 1.11. The second-order valence-electron chi connectivity index (χ2n) is 5.29. The van der Waals surface area contributed by atoms with E-state index in [2.05, 4.69) is 39.6 Å². The highest BCUT2D eigenvalue weighted by Gasteiger charge is 2.19. The molecule has 0 amide bonds. The highest BCUT2D eigenvalue weighted by molar-refractivity contribution is 4.73. The number of nitrogens with two attached hydrogens (primary N) is 1. The van der Waals surface area contributed by atoms with Crippen molar-refractivity contribution in [1.82, 2.24) is 4.90 Å². The molecule has 80 valence electrons. The van der Waals surface area contributed by atoms with E-state index in [1.54, 1.807) is 0 Å². The summed E-state index contributed by atoms with van der Waals surface area (Å²) in [7, 11) is 2.19. The Balaban J connectivity index is 3.81. The molecular weight excluding hydrogens is 160 g/mol. The third-order valence-corrected chi connectivity index (χ3v) is 2.20. The smallest absolute Gasteiger partial charge is 0.00302 e. The molecular formula is C11H26N2. The van der Waals surface area contributed by atoms with Gasteiger partial charge in [-0.05, 0) is 31.3 Å². The third-order valence-electron chi connectivity index (χ3n) is 2.20. The van der Waals surface area contributed by atoms with Crippen LogP contribution in [0.2, 0.25) is 0 Å². The van der Waals surface area contributed by atoms with Gasteiger partial charge in [0.15, 0.2) is 0 Å². The summed E-state index contributed by atoms with van der Waals surface area (Å²) >= 11 is 0. The predicted molar refractivity (Wildman–Crippen MR) is 59.8 cm³/mol. The molecule has 2 heteroatoms. The lowest BCUT2D eigenvalue weighted by Crippen LogP contribution is -2.34. The van der Waals surface area contributed by atoms with Gasteiger partial charge in [-0.15, -0.1) is 0 Å². The van der Waals surface area contributed by atoms with E-state index in [0.717, 1.165) is 25.4 Å². The van der Waals surface area contributed by atoms with Crippen LogP contribution in [0.1, 0.15) is 34.1 Å². The molecule has 0 aromatic carbocycles. The van der Waals surface area contributed by atoms with E-state index in [1.807, 2.05) is 0 Å². The lowest BCUT2D eigenvalue weighted by molar-refractivity contribution is 0.186. The van der Waals surface area contributed by atoms with Gasteiger partial charge >= 0.3 is 0 Å². The van der Waals surface area contributed by atoms with E-state index in [1.165, 1.54) is 6.54 Å². The van der Waals surface area contributed by atoms with Crippen LogP contribution in [-0.2, 0) is 0 Å². The Morgan fingerprint density at radius 3 is 2.23 bits per heavy atom. The van der Waals surface area contributed by atoms with Crippen LogP contribution in [-0.4, -0.2) is 31.6 Å². The Labute approximate surface area is 83.5 Å². The van der Waals surface area contributed by atoms with Gasteiger partial charge in [0.25, 0.3) is 0 Å². The minimum atomic E-state index is 0.360. The molecule has 0 aromatic heterocycles. The Morgan fingerprint density at radius 1 is 1.31 bits per heavy atom. The van der Waals surface area contributed by atoms with Crippen molar-refractivity contribution in [3.63, 3.8) is 0 Å². The van der Waals surface area contributed by atoms with Gasteiger partial charge in [-0.2, -0.15) is 0 Å². The molecule has 0 radical (unpaired) electrons. The van der Waals surface area contributed by atoms with Gasteiger partial charge in [-0.25, -0.2) is 0 Å². The van der Waals surface area contributed by atoms with Crippen LogP contribution < -0.4 is 5.73 Å². The van der Waals surface area contributed by atoms with E-state index < -0.39 is 0 Å². The quantitative estimate of drug-likeness (QED) is 0.687. The maximum atomic E-state index is 5.57. The van der Waals surface area contributed by atoms with Crippen LogP contribution in [0.15, 0.2) is 0 Å². The van der Waals surface area contributed by atoms with Crippen molar-refractivity contribution >= 4 is 0 Å². The van der Waals surface area contributed by atoms with Gasteiger partial charge in [0, 0.05) is 13.1 Å². The molecule has 0 rings (SSSR count). The lowest BCUT2D eigenvalue weighted by atomic mass is 9.88. The first-order valence-electron chi connectivity index (χ1n) is 5.26. The molecule has 0 spiro atoms. The summed E-state index contributed by atoms with van der Waals surface area (Å²) in [5, 5.41) is 0. The predicted octanol–water partition coefficient (Wildman–Crippen LogP) is 1.95. The second-order valence-corrected chi connectivity index (χ2v) is 5.29. The fraction of sp³-hybridized carbons (Fsp3) is 1.00. The molecule has 13 heavy (non-hydrogen) atoms. The van der Waals surface area contributed by atoms with Gasteiger partial charge in [0.1, 0.15) is 0 Å². The Morgan fingerprint density at radius 2 is 1.85 bits per heavy atom. The van der Waals surface area contributed by atoms with Crippen molar-refractivity contribution in [3.05, 3.63) is 0 Å². The maximum absolute atomic E-state index is 5.57. The summed E-state index contributed by atoms with van der Waals surface area (Å²) in [6, 6.07) is 0. The standard InChI is InChI=1S/C11H26N2/c1-10(2)8-13(5)9-11(3,4)6-7-12/h10H,6-9,12H2,1-5H3. The van der Waals surface area contributed by atoms with Gasteiger partial charge in [-0.3, -0.25) is 0 Å². The fourth-order valence-electron chi connectivity index (χ4n) is 1.89. The summed E-state index contributed by atoms with van der Waals surface area (Å²) < 4.78 is 0. The van der Waals surface area contributed by atoms with Crippen molar-refractivity contribution < 1.29 is 0 Å². The monoisotopic (exact) mass is 186 g/mol. The molecule has 0 aliphatic heterocycles. The van der Waals surface area contributed by atoms with E-state index in [9.17, 15) is 0 Å². The van der Waals surface area contributed by atoms with Crippen LogP contribution in [0.25, 0.3) is 0 Å². The molecule has 0 unspecified atom stereocenters. The highest BCUT2D eigenvalue weighted by Crippen LogP contribution is 2.20. The molecule has 0 saturated carbocycles. The van der Waals surface area contributed by atoms with Crippen LogP contribution in [0.5, 0.6) is 0 Å². The van der Waals surface area contributed by atoms with Crippen molar-refractivity contribution in [1.29, 1.82) is 0 Å². The van der Waals surface area contributed by atoms with Crippen molar-refractivity contribution in [2.45, 2.75) is 34.1 Å². The molecule has 0 aliphatic rings. The molecule has 0 fully saturated rings. The van der Waals surface area contributed by atoms with Crippen LogP contribution in [0.3, 0.4) is 0 Å². The summed E-state index contributed by atoms with van der Waals surface area (Å²) in [6.45, 7) is 12.2. The van der Waals surface area contributed by atoms with Gasteiger partial charge in [0.2, 0.25) is 0 Å². The lowest BCUT2D eigenvalue weighted by Gasteiger charge is -2.30. The second kappa shape index (κ2) is 5.61. The third kappa shape index (κ3) is 7.03. The number of rotatable bonds is 6. The van der Waals surface area contributed by atoms with E-state index in [4.69, 9.17) is 5.73 Å². The first kappa shape index (κ1) is 12.9. The Kier molecular flexibility index (Phi) is 5.57. The van der Waals surface area contributed by atoms with Crippen LogP contribution >= 0.6 is 0 Å². The minimum absolute atomic E-state index is 0.360. The largest absolute Gasteiger partial charge is 0.330 e. The van der Waals surface area contributed by atoms with Crippen LogP contribution in [0.4, 0.5) is 0 Å². The summed E-state index contributed by atoms with van der Waals surface area (Å²) in [5.74, 6) is 0.749. The number of hydrogen-bond acceptors (Lipinski definition) is 2. The summed E-state index contributed by atoms with van der Waals surface area (Å²) in [5.41, 5.74) is 5.93. The molecule has 2 N–H and O–H groups in total. The average molecular weight is 186 g/mol. The van der Waals surface area contributed by atoms with E-state index in [-0.39, 0.29) is 0 Å². The highest BCUT2D eigenvalue weighted by atomic mass is 15.1. The first-order chi connectivity index (χ1) is 5.87. The number of nitrogens with zero attached hydrogens (tertiary/aromatic N) is 1. The zero-order valence-corrected chi connectivity index (χ0v) is 9.93. The Bertz CT molecular complexity index is 130. The first-order valence-corrected chi connectivity index (χ1v) is 5.26. The topological polar surface area (TPSA) is 29.3 Å². The zero-order valence-electron chi connectivity index (χ0n) is 9.93. The van der Waals surface area contributed by atoms with E-state index in [0.29, 0.717) is 5.41 Å². The van der Waals surface area contributed by atoms with Gasteiger partial charge < -0.3 is 10.6 Å².